The Morgan fingerprint density at radius 1 is 1.05 bits per heavy atom. The third-order valence-electron chi connectivity index (χ3n) is 2.53. The highest BCUT2D eigenvalue weighted by molar-refractivity contribution is 6.17. The lowest BCUT2D eigenvalue weighted by atomic mass is 10.2. The third-order valence-corrected chi connectivity index (χ3v) is 2.84. The summed E-state index contributed by atoms with van der Waals surface area (Å²) in [5.41, 5.74) is 1.68. The minimum absolute atomic E-state index is 0.248. The van der Waals surface area contributed by atoms with E-state index in [1.54, 1.807) is 13.2 Å². The van der Waals surface area contributed by atoms with Gasteiger partial charge < -0.3 is 9.47 Å². The van der Waals surface area contributed by atoms with Crippen LogP contribution in [0.1, 0.15) is 11.1 Å². The highest BCUT2D eigenvalue weighted by atomic mass is 35.5. The first-order chi connectivity index (χ1) is 9.21. The van der Waals surface area contributed by atoms with Crippen molar-refractivity contribution in [3.8, 4) is 11.5 Å². The van der Waals surface area contributed by atoms with Crippen molar-refractivity contribution in [2.75, 3.05) is 7.11 Å². The maximum absolute atomic E-state index is 13.4. The Hall–Kier alpha value is -1.58. The molecular formula is C15H14ClFO2. The molecule has 2 aromatic carbocycles. The Kier molecular flexibility index (Phi) is 4.77. The van der Waals surface area contributed by atoms with E-state index >= 15 is 0 Å². The van der Waals surface area contributed by atoms with Crippen LogP contribution < -0.4 is 4.74 Å². The highest BCUT2D eigenvalue weighted by Gasteiger charge is 2.03. The van der Waals surface area contributed by atoms with Gasteiger partial charge in [-0.05, 0) is 35.4 Å². The van der Waals surface area contributed by atoms with E-state index in [4.69, 9.17) is 21.1 Å². The molecule has 0 spiro atoms. The molecule has 0 aliphatic rings. The molecule has 0 heterocycles. The lowest BCUT2D eigenvalue weighted by Gasteiger charge is -2.08. The van der Waals surface area contributed by atoms with Gasteiger partial charge in [0.05, 0.1) is 6.61 Å². The van der Waals surface area contributed by atoms with Gasteiger partial charge in [0.15, 0.2) is 0 Å². The molecule has 0 fully saturated rings. The number of alkyl halides is 1. The fourth-order valence-electron chi connectivity index (χ4n) is 1.76. The summed E-state index contributed by atoms with van der Waals surface area (Å²) in [6.45, 7) is 0.507. The summed E-state index contributed by atoms with van der Waals surface area (Å²) in [7, 11) is 1.63. The Balaban J connectivity index is 2.20. The zero-order valence-electron chi connectivity index (χ0n) is 10.5. The number of hydrogen-bond donors (Lipinski definition) is 0. The van der Waals surface area contributed by atoms with Crippen LogP contribution in [0.15, 0.2) is 42.5 Å². The molecule has 0 amide bonds. The molecule has 0 aliphatic carbocycles. The zero-order valence-corrected chi connectivity index (χ0v) is 11.3. The van der Waals surface area contributed by atoms with Crippen molar-refractivity contribution in [2.45, 2.75) is 12.5 Å². The molecule has 0 saturated carbocycles. The monoisotopic (exact) mass is 280 g/mol. The Bertz CT molecular complexity index is 558. The van der Waals surface area contributed by atoms with Gasteiger partial charge >= 0.3 is 0 Å². The third kappa shape index (κ3) is 3.94. The standard InChI is InChI=1S/C15H14ClFO2/c1-18-10-11-3-2-4-14(6-11)19-15-7-12(9-16)5-13(17)8-15/h2-8H,9-10H2,1H3. The van der Waals surface area contributed by atoms with Crippen LogP contribution >= 0.6 is 11.6 Å². The van der Waals surface area contributed by atoms with E-state index in [1.165, 1.54) is 12.1 Å². The predicted molar refractivity (Wildman–Crippen MR) is 73.2 cm³/mol. The van der Waals surface area contributed by atoms with Gasteiger partial charge in [-0.3, -0.25) is 0 Å². The van der Waals surface area contributed by atoms with Crippen LogP contribution in [0.4, 0.5) is 4.39 Å². The van der Waals surface area contributed by atoms with Crippen LogP contribution in [-0.4, -0.2) is 7.11 Å². The molecule has 0 unspecified atom stereocenters. The summed E-state index contributed by atoms with van der Waals surface area (Å²) in [4.78, 5) is 0. The average Bonchev–Trinajstić information content (AvgIpc) is 2.39. The molecule has 19 heavy (non-hydrogen) atoms. The first-order valence-corrected chi connectivity index (χ1v) is 6.36. The average molecular weight is 281 g/mol. The molecule has 0 aliphatic heterocycles. The number of methoxy groups -OCH3 is 1. The second-order valence-electron chi connectivity index (χ2n) is 4.11. The topological polar surface area (TPSA) is 18.5 Å². The number of benzene rings is 2. The molecule has 2 nitrogen and oxygen atoms in total. The Labute approximate surface area is 116 Å². The summed E-state index contributed by atoms with van der Waals surface area (Å²) in [6, 6.07) is 11.9. The summed E-state index contributed by atoms with van der Waals surface area (Å²) in [6.07, 6.45) is 0. The number of ether oxygens (including phenoxy) is 2. The largest absolute Gasteiger partial charge is 0.457 e. The van der Waals surface area contributed by atoms with Gasteiger partial charge in [-0.2, -0.15) is 0 Å². The fourth-order valence-corrected chi connectivity index (χ4v) is 1.91. The molecule has 0 N–H and O–H groups in total. The Morgan fingerprint density at radius 2 is 1.84 bits per heavy atom. The zero-order chi connectivity index (χ0) is 13.7. The summed E-state index contributed by atoms with van der Waals surface area (Å²) in [5, 5.41) is 0. The molecule has 0 aromatic heterocycles. The second kappa shape index (κ2) is 6.55. The molecule has 0 atom stereocenters. The van der Waals surface area contributed by atoms with Gasteiger partial charge in [-0.15, -0.1) is 11.6 Å². The molecule has 100 valence electrons. The first-order valence-electron chi connectivity index (χ1n) is 5.82. The van der Waals surface area contributed by atoms with E-state index in [0.717, 1.165) is 5.56 Å². The molecule has 4 heteroatoms. The van der Waals surface area contributed by atoms with Crippen LogP contribution in [0.5, 0.6) is 11.5 Å². The van der Waals surface area contributed by atoms with E-state index in [2.05, 4.69) is 0 Å². The molecule has 2 rings (SSSR count). The summed E-state index contributed by atoms with van der Waals surface area (Å²) >= 11 is 5.70. The molecule has 0 saturated heterocycles. The fraction of sp³-hybridized carbons (Fsp3) is 0.200. The molecule has 2 aromatic rings. The van der Waals surface area contributed by atoms with Crippen molar-refractivity contribution in [3.05, 3.63) is 59.4 Å². The maximum Gasteiger partial charge on any atom is 0.130 e. The van der Waals surface area contributed by atoms with Crippen molar-refractivity contribution < 1.29 is 13.9 Å². The van der Waals surface area contributed by atoms with Crippen molar-refractivity contribution in [1.82, 2.24) is 0 Å². The minimum atomic E-state index is -0.360. The molecule has 0 radical (unpaired) electrons. The number of hydrogen-bond acceptors (Lipinski definition) is 2. The van der Waals surface area contributed by atoms with E-state index in [0.29, 0.717) is 23.7 Å². The number of halogens is 2. The van der Waals surface area contributed by atoms with Gasteiger partial charge in [0, 0.05) is 19.1 Å². The van der Waals surface area contributed by atoms with E-state index in [-0.39, 0.29) is 11.7 Å². The SMILES string of the molecule is COCc1cccc(Oc2cc(F)cc(CCl)c2)c1. The maximum atomic E-state index is 13.4. The van der Waals surface area contributed by atoms with Gasteiger partial charge in [0.25, 0.3) is 0 Å². The summed E-state index contributed by atoms with van der Waals surface area (Å²) in [5.74, 6) is 0.963. The normalized spacial score (nSPS) is 10.5. The lowest BCUT2D eigenvalue weighted by molar-refractivity contribution is 0.184. The van der Waals surface area contributed by atoms with E-state index in [9.17, 15) is 4.39 Å². The van der Waals surface area contributed by atoms with Gasteiger partial charge in [-0.1, -0.05) is 12.1 Å². The van der Waals surface area contributed by atoms with Gasteiger partial charge in [0.1, 0.15) is 17.3 Å². The molecular weight excluding hydrogens is 267 g/mol. The van der Waals surface area contributed by atoms with Crippen molar-refractivity contribution in [3.63, 3.8) is 0 Å². The summed E-state index contributed by atoms with van der Waals surface area (Å²) < 4.78 is 24.0. The van der Waals surface area contributed by atoms with Crippen molar-refractivity contribution >= 4 is 11.6 Å². The predicted octanol–water partition coefficient (Wildman–Crippen LogP) is 4.50. The number of rotatable bonds is 5. The van der Waals surface area contributed by atoms with Gasteiger partial charge in [0.2, 0.25) is 0 Å². The minimum Gasteiger partial charge on any atom is -0.457 e. The Morgan fingerprint density at radius 3 is 2.58 bits per heavy atom. The van der Waals surface area contributed by atoms with Crippen LogP contribution in [0.2, 0.25) is 0 Å². The lowest BCUT2D eigenvalue weighted by Crippen LogP contribution is -1.91. The van der Waals surface area contributed by atoms with E-state index < -0.39 is 0 Å². The quantitative estimate of drug-likeness (QED) is 0.751. The molecule has 0 bridgehead atoms. The van der Waals surface area contributed by atoms with Crippen LogP contribution in [0.3, 0.4) is 0 Å². The highest BCUT2D eigenvalue weighted by Crippen LogP contribution is 2.25. The smallest absolute Gasteiger partial charge is 0.130 e. The second-order valence-corrected chi connectivity index (χ2v) is 4.38. The van der Waals surface area contributed by atoms with Crippen molar-refractivity contribution in [2.24, 2.45) is 0 Å². The van der Waals surface area contributed by atoms with E-state index in [1.807, 2.05) is 24.3 Å². The van der Waals surface area contributed by atoms with Crippen LogP contribution in [0.25, 0.3) is 0 Å². The van der Waals surface area contributed by atoms with Crippen LogP contribution in [-0.2, 0) is 17.2 Å². The van der Waals surface area contributed by atoms with Crippen LogP contribution in [0, 0.1) is 5.82 Å². The first kappa shape index (κ1) is 13.8. The van der Waals surface area contributed by atoms with Crippen molar-refractivity contribution in [1.29, 1.82) is 0 Å². The van der Waals surface area contributed by atoms with Gasteiger partial charge in [-0.25, -0.2) is 4.39 Å².